The van der Waals surface area contributed by atoms with Crippen LogP contribution in [0.1, 0.15) is 19.4 Å². The van der Waals surface area contributed by atoms with Crippen molar-refractivity contribution in [2.24, 2.45) is 0 Å². The van der Waals surface area contributed by atoms with Gasteiger partial charge in [-0.3, -0.25) is 14.5 Å². The highest BCUT2D eigenvalue weighted by Gasteiger charge is 2.14. The number of carboxylic acid groups (broad SMARTS) is 1. The monoisotopic (exact) mass is 284 g/mol. The summed E-state index contributed by atoms with van der Waals surface area (Å²) in [4.78, 5) is 23.6. The van der Waals surface area contributed by atoms with Gasteiger partial charge in [0.2, 0.25) is 5.91 Å². The fourth-order valence-corrected chi connectivity index (χ4v) is 1.95. The first-order chi connectivity index (χ1) is 8.93. The van der Waals surface area contributed by atoms with Crippen LogP contribution in [0.4, 0.5) is 5.69 Å². The zero-order chi connectivity index (χ0) is 14.4. The maximum Gasteiger partial charge on any atom is 0.317 e. The van der Waals surface area contributed by atoms with Gasteiger partial charge in [-0.2, -0.15) is 0 Å². The molecular weight excluding hydrogens is 268 g/mol. The van der Waals surface area contributed by atoms with Gasteiger partial charge in [-0.1, -0.05) is 24.6 Å². The Morgan fingerprint density at radius 2 is 2.11 bits per heavy atom. The van der Waals surface area contributed by atoms with Gasteiger partial charge in [0, 0.05) is 29.7 Å². The summed E-state index contributed by atoms with van der Waals surface area (Å²) in [6, 6.07) is 5.21. The number of carbonyl (C=O) groups excluding carboxylic acids is 1. The van der Waals surface area contributed by atoms with Gasteiger partial charge in [0.05, 0.1) is 6.54 Å². The first-order valence-electron chi connectivity index (χ1n) is 5.93. The lowest BCUT2D eigenvalue weighted by molar-refractivity contribution is -0.138. The Morgan fingerprint density at radius 3 is 2.63 bits per heavy atom. The predicted molar refractivity (Wildman–Crippen MR) is 74.3 cm³/mol. The van der Waals surface area contributed by atoms with Gasteiger partial charge in [-0.25, -0.2) is 0 Å². The maximum atomic E-state index is 11.1. The number of hydrogen-bond donors (Lipinski definition) is 2. The largest absolute Gasteiger partial charge is 0.480 e. The number of amides is 1. The van der Waals surface area contributed by atoms with E-state index in [0.717, 1.165) is 5.56 Å². The minimum Gasteiger partial charge on any atom is -0.480 e. The van der Waals surface area contributed by atoms with Crippen molar-refractivity contribution in [1.29, 1.82) is 0 Å². The summed E-state index contributed by atoms with van der Waals surface area (Å²) < 4.78 is 0. The summed E-state index contributed by atoms with van der Waals surface area (Å²) in [6.45, 7) is 4.17. The number of nitrogens with one attached hydrogen (secondary N) is 1. The highest BCUT2D eigenvalue weighted by Crippen LogP contribution is 2.25. The van der Waals surface area contributed by atoms with Crippen LogP contribution in [0.15, 0.2) is 18.2 Å². The quantitative estimate of drug-likeness (QED) is 0.840. The smallest absolute Gasteiger partial charge is 0.317 e. The third kappa shape index (κ3) is 4.89. The summed E-state index contributed by atoms with van der Waals surface area (Å²) in [5, 5.41) is 12.0. The number of rotatable bonds is 6. The number of halogens is 1. The van der Waals surface area contributed by atoms with E-state index in [1.807, 2.05) is 6.92 Å². The van der Waals surface area contributed by atoms with Crippen molar-refractivity contribution in [1.82, 2.24) is 4.90 Å². The highest BCUT2D eigenvalue weighted by molar-refractivity contribution is 6.31. The number of benzene rings is 1. The average molecular weight is 285 g/mol. The first-order valence-corrected chi connectivity index (χ1v) is 6.31. The van der Waals surface area contributed by atoms with Crippen molar-refractivity contribution in [2.75, 3.05) is 18.4 Å². The molecule has 2 N–H and O–H groups in total. The van der Waals surface area contributed by atoms with Crippen LogP contribution < -0.4 is 5.32 Å². The topological polar surface area (TPSA) is 69.6 Å². The van der Waals surface area contributed by atoms with E-state index in [1.165, 1.54) is 6.92 Å². The molecule has 0 heterocycles. The normalized spacial score (nSPS) is 10.5. The van der Waals surface area contributed by atoms with E-state index in [4.69, 9.17) is 16.7 Å². The lowest BCUT2D eigenvalue weighted by Gasteiger charge is -2.21. The van der Waals surface area contributed by atoms with Crippen molar-refractivity contribution in [2.45, 2.75) is 20.4 Å². The van der Waals surface area contributed by atoms with Gasteiger partial charge in [0.25, 0.3) is 0 Å². The molecule has 6 heteroatoms. The molecule has 0 aliphatic rings. The van der Waals surface area contributed by atoms with Gasteiger partial charge in [-0.05, 0) is 18.7 Å². The van der Waals surface area contributed by atoms with Crippen molar-refractivity contribution >= 4 is 29.2 Å². The van der Waals surface area contributed by atoms with Crippen LogP contribution in [0.3, 0.4) is 0 Å². The molecule has 0 unspecified atom stereocenters. The van der Waals surface area contributed by atoms with Gasteiger partial charge < -0.3 is 10.4 Å². The van der Waals surface area contributed by atoms with Crippen molar-refractivity contribution < 1.29 is 14.7 Å². The van der Waals surface area contributed by atoms with Gasteiger partial charge in [-0.15, -0.1) is 0 Å². The van der Waals surface area contributed by atoms with Crippen LogP contribution in [-0.4, -0.2) is 35.0 Å². The van der Waals surface area contributed by atoms with Crippen LogP contribution in [0.5, 0.6) is 0 Å². The number of nitrogens with zero attached hydrogens (tertiary/aromatic N) is 1. The fraction of sp³-hybridized carbons (Fsp3) is 0.385. The molecule has 0 saturated heterocycles. The molecule has 1 aromatic carbocycles. The van der Waals surface area contributed by atoms with E-state index in [1.54, 1.807) is 23.1 Å². The lowest BCUT2D eigenvalue weighted by atomic mass is 10.1. The van der Waals surface area contributed by atoms with E-state index in [0.29, 0.717) is 23.8 Å². The predicted octanol–water partition coefficient (Wildman–Crippen LogP) is 2.20. The Labute approximate surface area is 117 Å². The second-order valence-electron chi connectivity index (χ2n) is 4.14. The number of carboxylic acids is 1. The Hall–Kier alpha value is -1.59. The summed E-state index contributed by atoms with van der Waals surface area (Å²) >= 11 is 6.13. The molecule has 0 radical (unpaired) electrons. The molecule has 5 nitrogen and oxygen atoms in total. The molecule has 0 spiro atoms. The third-order valence-electron chi connectivity index (χ3n) is 2.62. The van der Waals surface area contributed by atoms with Gasteiger partial charge in [0.1, 0.15) is 0 Å². The van der Waals surface area contributed by atoms with Crippen LogP contribution in [0, 0.1) is 0 Å². The van der Waals surface area contributed by atoms with E-state index in [9.17, 15) is 9.59 Å². The maximum absolute atomic E-state index is 11.1. The summed E-state index contributed by atoms with van der Waals surface area (Å²) in [5.74, 6) is -1.08. The number of aliphatic carboxylic acids is 1. The van der Waals surface area contributed by atoms with E-state index >= 15 is 0 Å². The highest BCUT2D eigenvalue weighted by atomic mass is 35.5. The minimum atomic E-state index is -0.894. The molecule has 19 heavy (non-hydrogen) atoms. The van der Waals surface area contributed by atoms with E-state index < -0.39 is 5.97 Å². The van der Waals surface area contributed by atoms with Gasteiger partial charge in [0.15, 0.2) is 0 Å². The zero-order valence-corrected chi connectivity index (χ0v) is 11.7. The average Bonchev–Trinajstić information content (AvgIpc) is 2.31. The number of hydrogen-bond acceptors (Lipinski definition) is 3. The third-order valence-corrected chi connectivity index (χ3v) is 2.97. The molecule has 0 aliphatic heterocycles. The molecule has 0 saturated carbocycles. The molecule has 1 aromatic rings. The minimum absolute atomic E-state index is 0.0682. The first kappa shape index (κ1) is 15.5. The molecule has 1 rings (SSSR count). The molecule has 0 aromatic heterocycles. The number of carbonyl (C=O) groups is 2. The van der Waals surface area contributed by atoms with Crippen LogP contribution in [-0.2, 0) is 16.1 Å². The summed E-state index contributed by atoms with van der Waals surface area (Å²) in [7, 11) is 0. The van der Waals surface area contributed by atoms with Crippen LogP contribution >= 0.6 is 11.6 Å². The molecule has 104 valence electrons. The molecule has 0 bridgehead atoms. The van der Waals surface area contributed by atoms with Crippen molar-refractivity contribution in [3.63, 3.8) is 0 Å². The molecular formula is C13H17ClN2O3. The van der Waals surface area contributed by atoms with Crippen LogP contribution in [0.25, 0.3) is 0 Å². The Balaban J connectivity index is 2.97. The van der Waals surface area contributed by atoms with E-state index in [-0.39, 0.29) is 12.5 Å². The number of likely N-dealkylation sites (N-methyl/N-ethyl adjacent to an activating group) is 1. The zero-order valence-electron chi connectivity index (χ0n) is 10.9. The van der Waals surface area contributed by atoms with E-state index in [2.05, 4.69) is 5.32 Å². The summed E-state index contributed by atoms with van der Waals surface area (Å²) in [6.07, 6.45) is 0. The SMILES string of the molecule is CCN(CC(=O)O)Cc1c(Cl)cccc1NC(C)=O. The standard InChI is InChI=1S/C13H17ClN2O3/c1-3-16(8-13(18)19)7-10-11(14)5-4-6-12(10)15-9(2)17/h4-6H,3,7-8H2,1-2H3,(H,15,17)(H,18,19). The second kappa shape index (κ2) is 7.11. The molecule has 0 aliphatic carbocycles. The lowest BCUT2D eigenvalue weighted by Crippen LogP contribution is -2.29. The summed E-state index contributed by atoms with van der Waals surface area (Å²) in [5.41, 5.74) is 1.34. The van der Waals surface area contributed by atoms with Crippen molar-refractivity contribution in [3.05, 3.63) is 28.8 Å². The Morgan fingerprint density at radius 1 is 1.42 bits per heavy atom. The number of anilines is 1. The molecule has 0 atom stereocenters. The van der Waals surface area contributed by atoms with Crippen molar-refractivity contribution in [3.8, 4) is 0 Å². The second-order valence-corrected chi connectivity index (χ2v) is 4.55. The van der Waals surface area contributed by atoms with Crippen LogP contribution in [0.2, 0.25) is 5.02 Å². The van der Waals surface area contributed by atoms with Gasteiger partial charge >= 0.3 is 5.97 Å². The Bertz CT molecular complexity index is 477. The fourth-order valence-electron chi connectivity index (χ4n) is 1.72. The molecule has 1 amide bonds. The Kier molecular flexibility index (Phi) is 5.79. The molecule has 0 fully saturated rings.